The first-order valence-electron chi connectivity index (χ1n) is 9.37. The Bertz CT molecular complexity index is 1150. The third-order valence-electron chi connectivity index (χ3n) is 5.24. The van der Waals surface area contributed by atoms with Crippen LogP contribution in [0.5, 0.6) is 0 Å². The van der Waals surface area contributed by atoms with Gasteiger partial charge in [-0.1, -0.05) is 12.1 Å². The Balaban J connectivity index is 1.21. The van der Waals surface area contributed by atoms with E-state index >= 15 is 0 Å². The monoisotopic (exact) mass is 394 g/mol. The molecule has 0 spiro atoms. The molecule has 28 heavy (non-hydrogen) atoms. The van der Waals surface area contributed by atoms with Gasteiger partial charge < -0.3 is 10.3 Å². The van der Waals surface area contributed by atoms with Crippen molar-refractivity contribution in [1.29, 1.82) is 0 Å². The van der Waals surface area contributed by atoms with Crippen LogP contribution in [-0.2, 0) is 4.79 Å². The Morgan fingerprint density at radius 2 is 2.14 bits per heavy atom. The molecule has 0 unspecified atom stereocenters. The van der Waals surface area contributed by atoms with E-state index in [1.165, 1.54) is 23.5 Å². The van der Waals surface area contributed by atoms with Crippen LogP contribution in [0.1, 0.15) is 42.6 Å². The summed E-state index contributed by atoms with van der Waals surface area (Å²) in [4.78, 5) is 24.9. The molecule has 1 fully saturated rings. The van der Waals surface area contributed by atoms with E-state index in [4.69, 9.17) is 0 Å². The number of hydrogen-bond acceptors (Lipinski definition) is 4. The summed E-state index contributed by atoms with van der Waals surface area (Å²) in [5.74, 6) is 1.32. The number of carbonyl (C=O) groups is 1. The van der Waals surface area contributed by atoms with Gasteiger partial charge >= 0.3 is 0 Å². The molecule has 1 aliphatic rings. The largest absolute Gasteiger partial charge is 0.347 e. The van der Waals surface area contributed by atoms with Crippen molar-refractivity contribution in [3.8, 4) is 0 Å². The Hall–Kier alpha value is -2.80. The second kappa shape index (κ2) is 6.67. The molecule has 1 amide bonds. The van der Waals surface area contributed by atoms with Crippen molar-refractivity contribution in [3.63, 3.8) is 0 Å². The predicted molar refractivity (Wildman–Crippen MR) is 108 cm³/mol. The highest BCUT2D eigenvalue weighted by atomic mass is 32.1. The maximum Gasteiger partial charge on any atom is 0.220 e. The normalized spacial score (nSPS) is 19.8. The minimum Gasteiger partial charge on any atom is -0.347 e. The second-order valence-electron chi connectivity index (χ2n) is 7.40. The van der Waals surface area contributed by atoms with Gasteiger partial charge in [0.1, 0.15) is 16.6 Å². The lowest BCUT2D eigenvalue weighted by Gasteiger charge is -2.10. The SMILES string of the molecule is C[C@@H](NC(=O)C[C@@H]1C[C@@H]1c1nc2ccccc2[nH]1)c1nc2cc(F)ccc2s1. The summed E-state index contributed by atoms with van der Waals surface area (Å²) in [5, 5.41) is 3.82. The van der Waals surface area contributed by atoms with Gasteiger partial charge in [-0.3, -0.25) is 4.79 Å². The minimum absolute atomic E-state index is 0.0153. The highest BCUT2D eigenvalue weighted by molar-refractivity contribution is 7.18. The molecule has 1 aliphatic carbocycles. The Morgan fingerprint density at radius 1 is 1.29 bits per heavy atom. The lowest BCUT2D eigenvalue weighted by atomic mass is 10.2. The minimum atomic E-state index is -0.300. The van der Waals surface area contributed by atoms with Crippen LogP contribution in [0.25, 0.3) is 21.3 Å². The number of nitrogens with one attached hydrogen (secondary N) is 2. The molecule has 2 N–H and O–H groups in total. The van der Waals surface area contributed by atoms with Crippen molar-refractivity contribution < 1.29 is 9.18 Å². The van der Waals surface area contributed by atoms with Gasteiger partial charge in [-0.25, -0.2) is 14.4 Å². The molecular formula is C21H19FN4OS. The number of thiazole rings is 1. The summed E-state index contributed by atoms with van der Waals surface area (Å²) in [6.07, 6.45) is 1.45. The molecular weight excluding hydrogens is 375 g/mol. The molecule has 0 bridgehead atoms. The Morgan fingerprint density at radius 3 is 3.00 bits per heavy atom. The quantitative estimate of drug-likeness (QED) is 0.516. The number of aromatic nitrogens is 3. The number of imidazole rings is 1. The van der Waals surface area contributed by atoms with Crippen LogP contribution in [-0.4, -0.2) is 20.9 Å². The van der Waals surface area contributed by atoms with Crippen molar-refractivity contribution >= 4 is 38.5 Å². The molecule has 4 aromatic rings. The average molecular weight is 394 g/mol. The second-order valence-corrected chi connectivity index (χ2v) is 8.46. The molecule has 5 nitrogen and oxygen atoms in total. The average Bonchev–Trinajstić information content (AvgIpc) is 3.12. The van der Waals surface area contributed by atoms with Gasteiger partial charge in [0.15, 0.2) is 0 Å². The smallest absolute Gasteiger partial charge is 0.220 e. The van der Waals surface area contributed by atoms with Crippen molar-refractivity contribution in [2.45, 2.75) is 31.7 Å². The zero-order valence-corrected chi connectivity index (χ0v) is 16.1. The van der Waals surface area contributed by atoms with E-state index < -0.39 is 0 Å². The van der Waals surface area contributed by atoms with Crippen LogP contribution in [0.4, 0.5) is 4.39 Å². The van der Waals surface area contributed by atoms with E-state index in [1.54, 1.807) is 6.07 Å². The first kappa shape index (κ1) is 17.3. The van der Waals surface area contributed by atoms with E-state index in [2.05, 4.69) is 20.3 Å². The van der Waals surface area contributed by atoms with Crippen molar-refractivity contribution in [2.75, 3.05) is 0 Å². The number of para-hydroxylation sites is 2. The number of carbonyl (C=O) groups excluding carboxylic acids is 1. The fraction of sp³-hybridized carbons (Fsp3) is 0.286. The van der Waals surface area contributed by atoms with Crippen LogP contribution < -0.4 is 5.32 Å². The Labute approximate surface area is 165 Å². The third kappa shape index (κ3) is 3.26. The summed E-state index contributed by atoms with van der Waals surface area (Å²) in [7, 11) is 0. The van der Waals surface area contributed by atoms with E-state index in [1.807, 2.05) is 31.2 Å². The van der Waals surface area contributed by atoms with Gasteiger partial charge in [-0.05, 0) is 43.5 Å². The predicted octanol–water partition coefficient (Wildman–Crippen LogP) is 4.68. The van der Waals surface area contributed by atoms with Gasteiger partial charge in [0.05, 0.1) is 27.3 Å². The molecule has 142 valence electrons. The maximum atomic E-state index is 13.3. The van der Waals surface area contributed by atoms with Crippen molar-refractivity contribution in [3.05, 3.63) is 59.1 Å². The van der Waals surface area contributed by atoms with E-state index in [0.717, 1.165) is 33.0 Å². The number of rotatable bonds is 5. The lowest BCUT2D eigenvalue weighted by Crippen LogP contribution is -2.26. The van der Waals surface area contributed by atoms with Crippen LogP contribution in [0.15, 0.2) is 42.5 Å². The number of halogens is 1. The molecule has 3 atom stereocenters. The zero-order valence-electron chi connectivity index (χ0n) is 15.3. The van der Waals surface area contributed by atoms with Crippen molar-refractivity contribution in [2.24, 2.45) is 5.92 Å². The molecule has 2 aromatic carbocycles. The number of aromatic amines is 1. The fourth-order valence-electron chi connectivity index (χ4n) is 3.66. The molecule has 7 heteroatoms. The molecule has 0 saturated heterocycles. The summed E-state index contributed by atoms with van der Waals surface area (Å²) in [5.41, 5.74) is 2.63. The number of hydrogen-bond donors (Lipinski definition) is 2. The third-order valence-corrected chi connectivity index (χ3v) is 6.46. The van der Waals surface area contributed by atoms with Crippen LogP contribution in [0, 0.1) is 11.7 Å². The standard InChI is InChI=1S/C21H19FN4OS/c1-11(21-26-17-10-13(22)6-7-18(17)28-21)23-19(27)9-12-8-14(12)20-24-15-4-2-3-5-16(15)25-20/h2-7,10-12,14H,8-9H2,1H3,(H,23,27)(H,24,25)/t11-,12+,14+/m1/s1. The number of benzene rings is 2. The van der Waals surface area contributed by atoms with Crippen LogP contribution in [0.2, 0.25) is 0 Å². The zero-order chi connectivity index (χ0) is 19.3. The lowest BCUT2D eigenvalue weighted by molar-refractivity contribution is -0.122. The van der Waals surface area contributed by atoms with Gasteiger partial charge in [-0.2, -0.15) is 0 Å². The Kier molecular flexibility index (Phi) is 4.12. The summed E-state index contributed by atoms with van der Waals surface area (Å²) in [6.45, 7) is 1.91. The van der Waals surface area contributed by atoms with E-state index in [-0.39, 0.29) is 17.8 Å². The maximum absolute atomic E-state index is 13.3. The summed E-state index contributed by atoms with van der Waals surface area (Å²) < 4.78 is 14.3. The topological polar surface area (TPSA) is 70.7 Å². The van der Waals surface area contributed by atoms with Crippen molar-refractivity contribution in [1.82, 2.24) is 20.3 Å². The molecule has 2 heterocycles. The number of fused-ring (bicyclic) bond motifs is 2. The molecule has 0 radical (unpaired) electrons. The fourth-order valence-corrected chi connectivity index (χ4v) is 4.61. The van der Waals surface area contributed by atoms with E-state index in [0.29, 0.717) is 23.8 Å². The molecule has 2 aromatic heterocycles. The number of nitrogens with zero attached hydrogens (tertiary/aromatic N) is 2. The van der Waals surface area contributed by atoms with Gasteiger partial charge in [0.2, 0.25) is 5.91 Å². The molecule has 5 rings (SSSR count). The van der Waals surface area contributed by atoms with Crippen LogP contribution >= 0.6 is 11.3 Å². The molecule has 0 aliphatic heterocycles. The van der Waals surface area contributed by atoms with Crippen LogP contribution in [0.3, 0.4) is 0 Å². The molecule has 1 saturated carbocycles. The first-order valence-corrected chi connectivity index (χ1v) is 10.2. The summed E-state index contributed by atoms with van der Waals surface area (Å²) in [6, 6.07) is 12.3. The highest BCUT2D eigenvalue weighted by Gasteiger charge is 2.41. The van der Waals surface area contributed by atoms with Gasteiger partial charge in [0.25, 0.3) is 0 Å². The number of H-pyrrole nitrogens is 1. The van der Waals surface area contributed by atoms with Gasteiger partial charge in [0, 0.05) is 18.4 Å². The van der Waals surface area contributed by atoms with E-state index in [9.17, 15) is 9.18 Å². The summed E-state index contributed by atoms with van der Waals surface area (Å²) >= 11 is 1.48. The first-order chi connectivity index (χ1) is 13.6. The highest BCUT2D eigenvalue weighted by Crippen LogP contribution is 2.48. The van der Waals surface area contributed by atoms with Gasteiger partial charge in [-0.15, -0.1) is 11.3 Å². The number of amides is 1.